The fourth-order valence-electron chi connectivity index (χ4n) is 2.60. The first-order chi connectivity index (χ1) is 13.8. The highest BCUT2D eigenvalue weighted by molar-refractivity contribution is 9.10. The lowest BCUT2D eigenvalue weighted by molar-refractivity contribution is -0.384. The third kappa shape index (κ3) is 4.77. The lowest BCUT2D eigenvalue weighted by Crippen LogP contribution is -2.23. The van der Waals surface area contributed by atoms with Crippen molar-refractivity contribution in [2.24, 2.45) is 0 Å². The minimum absolute atomic E-state index is 0.0481. The Morgan fingerprint density at radius 1 is 1.34 bits per heavy atom. The minimum atomic E-state index is -0.571. The van der Waals surface area contributed by atoms with Crippen molar-refractivity contribution in [1.82, 2.24) is 9.55 Å². The maximum absolute atomic E-state index is 12.7. The number of rotatable bonds is 6. The lowest BCUT2D eigenvalue weighted by Gasteiger charge is -2.12. The molecular formula is C18H14BrClN4O4S. The molecule has 0 aliphatic rings. The van der Waals surface area contributed by atoms with Gasteiger partial charge in [0.05, 0.1) is 32.3 Å². The van der Waals surface area contributed by atoms with E-state index in [4.69, 9.17) is 11.6 Å². The maximum atomic E-state index is 12.7. The van der Waals surface area contributed by atoms with Gasteiger partial charge in [-0.3, -0.25) is 24.3 Å². The fourth-order valence-corrected chi connectivity index (χ4v) is 3.99. The van der Waals surface area contributed by atoms with Crippen LogP contribution in [0.2, 0.25) is 5.02 Å². The van der Waals surface area contributed by atoms with Crippen LogP contribution in [0.3, 0.4) is 0 Å². The van der Waals surface area contributed by atoms with Gasteiger partial charge in [0.1, 0.15) is 0 Å². The van der Waals surface area contributed by atoms with Crippen LogP contribution in [0.5, 0.6) is 0 Å². The Labute approximate surface area is 182 Å². The molecule has 0 radical (unpaired) electrons. The normalized spacial score (nSPS) is 10.9. The number of hydrogen-bond donors (Lipinski definition) is 1. The van der Waals surface area contributed by atoms with Crippen LogP contribution >= 0.6 is 39.3 Å². The standard InChI is InChI=1S/C18H14BrClN4O4S/c1-2-23-17(26)12-7-10(19)3-6-14(12)22-18(23)29-9-16(25)21-15-8-11(24(27)28)4-5-13(15)20/h3-8H,2,9H2,1H3,(H,21,25). The number of nitrogens with one attached hydrogen (secondary N) is 1. The number of anilines is 1. The smallest absolute Gasteiger partial charge is 0.271 e. The number of hydrogen-bond acceptors (Lipinski definition) is 6. The predicted octanol–water partition coefficient (Wildman–Crippen LogP) is 4.47. The van der Waals surface area contributed by atoms with E-state index < -0.39 is 10.8 Å². The van der Waals surface area contributed by atoms with Gasteiger partial charge in [0.25, 0.3) is 11.2 Å². The summed E-state index contributed by atoms with van der Waals surface area (Å²) in [5.74, 6) is -0.474. The molecule has 29 heavy (non-hydrogen) atoms. The van der Waals surface area contributed by atoms with Crippen LogP contribution in [0, 0.1) is 10.1 Å². The van der Waals surface area contributed by atoms with Crippen LogP contribution in [-0.4, -0.2) is 26.1 Å². The highest BCUT2D eigenvalue weighted by Crippen LogP contribution is 2.27. The molecule has 0 saturated carbocycles. The number of benzene rings is 2. The summed E-state index contributed by atoms with van der Waals surface area (Å²) in [6, 6.07) is 9.02. The second-order valence-corrected chi connectivity index (χ2v) is 8.13. The SMILES string of the molecule is CCn1c(SCC(=O)Nc2cc([N+](=O)[O-])ccc2Cl)nc2ccc(Br)cc2c1=O. The van der Waals surface area contributed by atoms with E-state index in [1.165, 1.54) is 22.8 Å². The predicted molar refractivity (Wildman–Crippen MR) is 117 cm³/mol. The van der Waals surface area contributed by atoms with Crippen molar-refractivity contribution in [2.75, 3.05) is 11.1 Å². The summed E-state index contributed by atoms with van der Waals surface area (Å²) < 4.78 is 2.27. The van der Waals surface area contributed by atoms with Gasteiger partial charge in [-0.2, -0.15) is 0 Å². The van der Waals surface area contributed by atoms with Gasteiger partial charge >= 0.3 is 0 Å². The monoisotopic (exact) mass is 496 g/mol. The summed E-state index contributed by atoms with van der Waals surface area (Å²) in [6.07, 6.45) is 0. The first kappa shape index (κ1) is 21.3. The van der Waals surface area contributed by atoms with Gasteiger partial charge in [0.15, 0.2) is 5.16 Å². The molecule has 0 fully saturated rings. The molecule has 0 bridgehead atoms. The molecule has 1 amide bonds. The van der Waals surface area contributed by atoms with Crippen LogP contribution in [0.25, 0.3) is 10.9 Å². The summed E-state index contributed by atoms with van der Waals surface area (Å²) in [6.45, 7) is 2.22. The maximum Gasteiger partial charge on any atom is 0.271 e. The van der Waals surface area contributed by atoms with Crippen LogP contribution < -0.4 is 10.9 Å². The Kier molecular flexibility index (Phi) is 6.56. The number of halogens is 2. The first-order valence-corrected chi connectivity index (χ1v) is 10.5. The van der Waals surface area contributed by atoms with Gasteiger partial charge in [0.2, 0.25) is 5.91 Å². The second kappa shape index (κ2) is 8.93. The molecule has 1 aromatic heterocycles. The van der Waals surface area contributed by atoms with Gasteiger partial charge in [-0.15, -0.1) is 0 Å². The number of fused-ring (bicyclic) bond motifs is 1. The van der Waals surface area contributed by atoms with Crippen molar-refractivity contribution in [1.29, 1.82) is 0 Å². The van der Waals surface area contributed by atoms with Crippen molar-refractivity contribution in [3.63, 3.8) is 0 Å². The van der Waals surface area contributed by atoms with Gasteiger partial charge < -0.3 is 5.32 Å². The zero-order valence-corrected chi connectivity index (χ0v) is 18.2. The van der Waals surface area contributed by atoms with Crippen molar-refractivity contribution in [3.8, 4) is 0 Å². The summed E-state index contributed by atoms with van der Waals surface area (Å²) >= 11 is 10.4. The van der Waals surface area contributed by atoms with E-state index in [1.54, 1.807) is 18.2 Å². The van der Waals surface area contributed by atoms with Gasteiger partial charge in [-0.1, -0.05) is 39.3 Å². The number of nitro benzene ring substituents is 1. The highest BCUT2D eigenvalue weighted by Gasteiger charge is 2.15. The molecule has 1 N–H and O–H groups in total. The van der Waals surface area contributed by atoms with Crippen LogP contribution in [0.4, 0.5) is 11.4 Å². The third-order valence-corrected chi connectivity index (χ3v) is 5.76. The number of nitro groups is 1. The molecule has 3 rings (SSSR count). The van der Waals surface area contributed by atoms with Crippen LogP contribution in [-0.2, 0) is 11.3 Å². The number of nitrogens with zero attached hydrogens (tertiary/aromatic N) is 3. The molecule has 8 nitrogen and oxygen atoms in total. The number of thioether (sulfide) groups is 1. The van der Waals surface area contributed by atoms with E-state index in [0.717, 1.165) is 16.2 Å². The molecule has 0 atom stereocenters. The molecule has 1 heterocycles. The molecule has 2 aromatic carbocycles. The lowest BCUT2D eigenvalue weighted by atomic mass is 10.2. The Morgan fingerprint density at radius 3 is 2.79 bits per heavy atom. The third-order valence-electron chi connectivity index (χ3n) is 3.96. The van der Waals surface area contributed by atoms with Crippen molar-refractivity contribution in [2.45, 2.75) is 18.6 Å². The van der Waals surface area contributed by atoms with E-state index in [2.05, 4.69) is 26.2 Å². The molecular weight excluding hydrogens is 484 g/mol. The Morgan fingerprint density at radius 2 is 2.10 bits per heavy atom. The number of non-ortho nitro benzene ring substituents is 1. The first-order valence-electron chi connectivity index (χ1n) is 8.37. The van der Waals surface area contributed by atoms with Gasteiger partial charge in [-0.05, 0) is 31.2 Å². The molecule has 0 spiro atoms. The molecule has 0 aliphatic carbocycles. The van der Waals surface area contributed by atoms with Gasteiger partial charge in [-0.25, -0.2) is 4.98 Å². The molecule has 0 aliphatic heterocycles. The van der Waals surface area contributed by atoms with Gasteiger partial charge in [0, 0.05) is 23.2 Å². The Balaban J connectivity index is 1.81. The Bertz CT molecular complexity index is 1180. The minimum Gasteiger partial charge on any atom is -0.324 e. The van der Waals surface area contributed by atoms with E-state index in [1.807, 2.05) is 6.92 Å². The van der Waals surface area contributed by atoms with Crippen molar-refractivity contribution >= 4 is 67.5 Å². The summed E-state index contributed by atoms with van der Waals surface area (Å²) in [4.78, 5) is 39.9. The van der Waals surface area contributed by atoms with E-state index in [0.29, 0.717) is 22.6 Å². The number of carbonyl (C=O) groups excluding carboxylic acids is 1. The van der Waals surface area contributed by atoms with Crippen LogP contribution in [0.15, 0.2) is 50.8 Å². The summed E-state index contributed by atoms with van der Waals surface area (Å²) in [7, 11) is 0. The van der Waals surface area contributed by atoms with E-state index in [-0.39, 0.29) is 27.7 Å². The largest absolute Gasteiger partial charge is 0.324 e. The molecule has 0 unspecified atom stereocenters. The number of amides is 1. The van der Waals surface area contributed by atoms with Crippen LogP contribution in [0.1, 0.15) is 6.92 Å². The summed E-state index contributed by atoms with van der Waals surface area (Å²) in [5.41, 5.74) is 0.311. The molecule has 11 heteroatoms. The Hall–Kier alpha value is -2.43. The zero-order chi connectivity index (χ0) is 21.1. The molecule has 3 aromatic rings. The average molecular weight is 498 g/mol. The highest BCUT2D eigenvalue weighted by atomic mass is 79.9. The fraction of sp³-hybridized carbons (Fsp3) is 0.167. The summed E-state index contributed by atoms with van der Waals surface area (Å²) in [5, 5.41) is 14.5. The number of carbonyl (C=O) groups is 1. The average Bonchev–Trinajstić information content (AvgIpc) is 2.68. The van der Waals surface area contributed by atoms with Crippen molar-refractivity contribution in [3.05, 3.63) is 66.4 Å². The van der Waals surface area contributed by atoms with E-state index >= 15 is 0 Å². The van der Waals surface area contributed by atoms with E-state index in [9.17, 15) is 19.7 Å². The number of aromatic nitrogens is 2. The quantitative estimate of drug-likeness (QED) is 0.233. The zero-order valence-electron chi connectivity index (χ0n) is 15.0. The topological polar surface area (TPSA) is 107 Å². The second-order valence-electron chi connectivity index (χ2n) is 5.86. The van der Waals surface area contributed by atoms with Crippen molar-refractivity contribution < 1.29 is 9.72 Å². The molecule has 150 valence electrons. The molecule has 0 saturated heterocycles.